The smallest absolute Gasteiger partial charge is 0.334 e. The van der Waals surface area contributed by atoms with Crippen molar-refractivity contribution in [3.05, 3.63) is 60.7 Å². The number of aliphatic hydroxyl groups is 9. The number of hydrogen-bond donors (Lipinski definition) is 9. The standard InChI is InChI=1S/C57H94N2O14Si.C38H72N2O12/c1-19-44-57(14,65)48(60)38(6)59(17)33-34(2)31-55(12,64)50(36(4)46(37(5)51(62)69-44)70-45-32-56(13,66-18)49(61)39(7)68-45)72-53-47(43(58(15)16)30-35(3)67-53)71-52(63)40(8)73-74(54(9,10)11,41-26-22-20-23-27-41)42-28-24-21-25-29-42;1-15-27-38(10,46)31(42)24(6)40(13)19-20(2)17-36(8,45)33(52-35-29(41)26(39(11)12)16-21(3)48-35)22(4)30(23(5)34(44)50-27)51-28-18-37(9,47-14)32(43)25(7)49-28/h20-29,34-40,43-50,53,60-61,64-65H,19,30-33H2,1-18H3;20-33,35,41-43,45-46H,15-19H2,1-14H3/t34-,35-,36+,37-,38-,39+,40-,43+,44-,45+,46+,47-,48-,49+,50-,53+,55-,56-,57-;20-,21-,22+,23-,24-,25+,26+,27-,28+,29-,30+,31-,32+,33-,35+,36-,37-,38-/m11/s1. The van der Waals surface area contributed by atoms with Gasteiger partial charge >= 0.3 is 17.9 Å². The Morgan fingerprint density at radius 2 is 0.881 bits per heavy atom. The summed E-state index contributed by atoms with van der Waals surface area (Å²) in [5, 5.41) is 108. The number of ether oxygens (including phenoxy) is 13. The third-order valence-corrected chi connectivity index (χ3v) is 33.9. The third kappa shape index (κ3) is 25.2. The van der Waals surface area contributed by atoms with Crippen LogP contribution in [0.5, 0.6) is 0 Å². The van der Waals surface area contributed by atoms with Gasteiger partial charge in [0.25, 0.3) is 8.32 Å². The van der Waals surface area contributed by atoms with Crippen molar-refractivity contribution in [3.63, 3.8) is 0 Å². The van der Waals surface area contributed by atoms with Crippen molar-refractivity contribution >= 4 is 36.6 Å². The molecule has 9 N–H and O–H groups in total. The maximum atomic E-state index is 14.9. The maximum Gasteiger partial charge on any atom is 0.334 e. The Morgan fingerprint density at radius 3 is 1.23 bits per heavy atom. The molecule has 0 aliphatic carbocycles. The van der Waals surface area contributed by atoms with E-state index in [0.717, 1.165) is 10.4 Å². The van der Waals surface area contributed by atoms with Crippen LogP contribution in [0.15, 0.2) is 60.7 Å². The number of esters is 3. The summed E-state index contributed by atoms with van der Waals surface area (Å²) in [6.07, 6.45) is -18.5. The lowest BCUT2D eigenvalue weighted by atomic mass is 9.77. The van der Waals surface area contributed by atoms with Gasteiger partial charge in [-0.15, -0.1) is 0 Å². The van der Waals surface area contributed by atoms with Crippen LogP contribution in [0.25, 0.3) is 0 Å². The van der Waals surface area contributed by atoms with E-state index in [4.69, 9.17) is 66.0 Å². The number of likely N-dealkylation sites (N-methyl/N-ethyl adjacent to an activating group) is 4. The van der Waals surface area contributed by atoms with Crippen LogP contribution in [0, 0.1) is 35.5 Å². The summed E-state index contributed by atoms with van der Waals surface area (Å²) in [6.45, 7) is 44.2. The summed E-state index contributed by atoms with van der Waals surface area (Å²) in [6, 6.07) is 18.4. The molecule has 726 valence electrons. The maximum absolute atomic E-state index is 14.9. The summed E-state index contributed by atoms with van der Waals surface area (Å²) in [5.41, 5.74) is -9.00. The first kappa shape index (κ1) is 109. The van der Waals surface area contributed by atoms with Gasteiger partial charge < -0.3 is 132 Å². The molecule has 0 aromatic heterocycles. The number of rotatable bonds is 20. The fourth-order valence-corrected chi connectivity index (χ4v) is 25.5. The number of benzene rings is 2. The molecule has 0 unspecified atom stereocenters. The number of carbonyl (C=O) groups excluding carboxylic acids is 3. The first-order valence-electron chi connectivity index (χ1n) is 46.0. The van der Waals surface area contributed by atoms with Gasteiger partial charge in [0.15, 0.2) is 31.3 Å². The van der Waals surface area contributed by atoms with E-state index in [0.29, 0.717) is 25.9 Å². The normalized spacial score (nSPS) is 43.5. The highest BCUT2D eigenvalue weighted by Gasteiger charge is 2.59. The zero-order valence-electron chi connectivity index (χ0n) is 82.0. The molecule has 0 saturated carbocycles. The first-order valence-corrected chi connectivity index (χ1v) is 48.0. The summed E-state index contributed by atoms with van der Waals surface area (Å²) in [5.74, 6) is -6.10. The quantitative estimate of drug-likeness (QED) is 0.0356. The van der Waals surface area contributed by atoms with Gasteiger partial charge in [-0.1, -0.05) is 123 Å². The Hall–Kier alpha value is -3.89. The van der Waals surface area contributed by atoms with Crippen molar-refractivity contribution in [2.24, 2.45) is 35.5 Å². The molecule has 2 aromatic carbocycles. The molecule has 6 aliphatic rings. The van der Waals surface area contributed by atoms with Gasteiger partial charge in [-0.3, -0.25) is 9.59 Å². The highest BCUT2D eigenvalue weighted by Crippen LogP contribution is 2.46. The summed E-state index contributed by atoms with van der Waals surface area (Å²) >= 11 is 0. The van der Waals surface area contributed by atoms with E-state index in [1.807, 2.05) is 140 Å². The second-order valence-corrected chi connectivity index (χ2v) is 45.4. The Morgan fingerprint density at radius 1 is 0.524 bits per heavy atom. The van der Waals surface area contributed by atoms with Crippen LogP contribution in [0.3, 0.4) is 0 Å². The molecule has 6 aliphatic heterocycles. The van der Waals surface area contributed by atoms with Crippen molar-refractivity contribution in [2.45, 2.75) is 409 Å². The van der Waals surface area contributed by atoms with Crippen LogP contribution < -0.4 is 10.4 Å². The van der Waals surface area contributed by atoms with E-state index in [2.05, 4.69) is 45.0 Å². The Balaban J connectivity index is 0.000000368. The molecule has 8 rings (SSSR count). The van der Waals surface area contributed by atoms with Crippen LogP contribution in [-0.4, -0.2) is 348 Å². The summed E-state index contributed by atoms with van der Waals surface area (Å²) < 4.78 is 90.6. The third-order valence-electron chi connectivity index (χ3n) is 28.7. The van der Waals surface area contributed by atoms with Crippen LogP contribution in [0.1, 0.15) is 218 Å². The van der Waals surface area contributed by atoms with Gasteiger partial charge in [0.2, 0.25) is 0 Å². The number of methoxy groups -OCH3 is 2. The molecule has 6 fully saturated rings. The van der Waals surface area contributed by atoms with Gasteiger partial charge in [0.05, 0.1) is 89.1 Å². The van der Waals surface area contributed by atoms with Crippen molar-refractivity contribution < 1.29 is 126 Å². The molecular weight excluding hydrogens is 1640 g/mol. The molecule has 6 saturated heterocycles. The van der Waals surface area contributed by atoms with Gasteiger partial charge in [-0.25, -0.2) is 4.79 Å². The lowest BCUT2D eigenvalue weighted by molar-refractivity contribution is -0.319. The fraction of sp³-hybridized carbons (Fsp3) is 0.842. The van der Waals surface area contributed by atoms with Crippen LogP contribution >= 0.6 is 0 Å². The van der Waals surface area contributed by atoms with Gasteiger partial charge in [0.1, 0.15) is 60.0 Å². The van der Waals surface area contributed by atoms with E-state index in [9.17, 15) is 60.3 Å². The summed E-state index contributed by atoms with van der Waals surface area (Å²) in [7, 11) is 11.1. The molecule has 126 heavy (non-hydrogen) atoms. The second kappa shape index (κ2) is 44.5. The Kier molecular flexibility index (Phi) is 38.6. The number of carbonyl (C=O) groups is 3. The zero-order chi connectivity index (χ0) is 95.1. The van der Waals surface area contributed by atoms with Crippen molar-refractivity contribution in [1.29, 1.82) is 0 Å². The van der Waals surface area contributed by atoms with Crippen LogP contribution in [0.2, 0.25) is 5.04 Å². The fourth-order valence-electron chi connectivity index (χ4n) is 20.8. The van der Waals surface area contributed by atoms with E-state index in [1.54, 1.807) is 90.0 Å². The molecule has 2 aromatic rings. The van der Waals surface area contributed by atoms with Gasteiger partial charge in [0, 0.05) is 70.1 Å². The minimum absolute atomic E-state index is 0.0849. The highest BCUT2D eigenvalue weighted by atomic mass is 28.4. The largest absolute Gasteiger partial charge is 0.459 e. The first-order chi connectivity index (χ1) is 58.3. The average molecular weight is 1810 g/mol. The van der Waals surface area contributed by atoms with E-state index >= 15 is 0 Å². The zero-order valence-corrected chi connectivity index (χ0v) is 83.0. The molecular formula is C95H166N4O26Si. The minimum Gasteiger partial charge on any atom is -0.459 e. The predicted octanol–water partition coefficient (Wildman–Crippen LogP) is 7.32. The lowest BCUT2D eigenvalue weighted by Crippen LogP contribution is -2.68. The molecule has 30 nitrogen and oxygen atoms in total. The Bertz CT molecular complexity index is 3640. The lowest BCUT2D eigenvalue weighted by Gasteiger charge is -2.49. The molecule has 0 spiro atoms. The molecule has 6 heterocycles. The molecule has 37 atom stereocenters. The number of hydrogen-bond acceptors (Lipinski definition) is 30. The topological polar surface area (TPSA) is 375 Å². The molecule has 0 amide bonds. The van der Waals surface area contributed by atoms with Gasteiger partial charge in [-0.2, -0.15) is 0 Å². The minimum atomic E-state index is -3.22. The number of aliphatic hydroxyl groups excluding tert-OH is 5. The average Bonchev–Trinajstić information content (AvgIpc) is 0.757. The second-order valence-electron chi connectivity index (χ2n) is 41.2. The predicted molar refractivity (Wildman–Crippen MR) is 480 cm³/mol. The van der Waals surface area contributed by atoms with Crippen LogP contribution in [0.4, 0.5) is 0 Å². The summed E-state index contributed by atoms with van der Waals surface area (Å²) in [4.78, 5) is 51.6. The SMILES string of the molecule is CC[C@H]1OC(=O)[C@H](C)[C@@H](O[C@H]2C[C@@](C)(OC)[C@@H](O)[C@H](C)O2)[C@H](C)[C@@H](O[C@@H]2O[C@H](C)C[C@H](N(C)C)[C@H]2O)[C@](C)(O)C[C@@H](C)CN(C)[C@H](C)[C@@H](O)[C@]1(C)O.CC[C@H]1OC(=O)[C@H](C)[C@@H](O[C@H]2C[C@@](C)(OC)[C@@H](O)[C@H](C)O2)[C@H](C)[C@@H](O[C@@H]2O[C@H](C)C[C@H](N(C)C)[C@H]2OC(=O)[C@@H](C)O[Si](c2ccccc2)(c2ccccc2)C(C)(C)C)[C@](C)(O)C[C@@H](C)CN(C)[C@H](C)[C@@H](O)[C@]1(C)O. The van der Waals surface area contributed by atoms with Crippen LogP contribution in [-0.2, 0) is 80.4 Å². The highest BCUT2D eigenvalue weighted by molar-refractivity contribution is 6.99. The molecule has 0 bridgehead atoms. The number of cyclic esters (lactones) is 2. The van der Waals surface area contributed by atoms with E-state index in [-0.39, 0.29) is 68.6 Å². The van der Waals surface area contributed by atoms with Crippen molar-refractivity contribution in [3.8, 4) is 0 Å². The number of nitrogens with zero attached hydrogens (tertiary/aromatic N) is 4. The van der Waals surface area contributed by atoms with E-state index in [1.165, 1.54) is 28.1 Å². The monoisotopic (exact) mass is 1810 g/mol. The van der Waals surface area contributed by atoms with Gasteiger partial charge in [-0.05, 0) is 212 Å². The molecule has 31 heteroatoms. The molecule has 0 radical (unpaired) electrons. The Labute approximate surface area is 754 Å². The van der Waals surface area contributed by atoms with E-state index < -0.39 is 223 Å². The van der Waals surface area contributed by atoms with Crippen molar-refractivity contribution in [1.82, 2.24) is 19.6 Å². The van der Waals surface area contributed by atoms with Crippen molar-refractivity contribution in [2.75, 3.05) is 69.6 Å².